The molecule has 0 fully saturated rings. The van der Waals surface area contributed by atoms with E-state index in [1.165, 1.54) is 11.6 Å². The molecule has 7 heteroatoms. The first-order valence-corrected chi connectivity index (χ1v) is 9.02. The minimum Gasteiger partial charge on any atom is -0.452 e. The van der Waals surface area contributed by atoms with Gasteiger partial charge in [-0.1, -0.05) is 18.2 Å². The van der Waals surface area contributed by atoms with E-state index < -0.39 is 5.97 Å². The summed E-state index contributed by atoms with van der Waals surface area (Å²) in [7, 11) is 0. The Morgan fingerprint density at radius 2 is 2.04 bits per heavy atom. The van der Waals surface area contributed by atoms with E-state index in [1.54, 1.807) is 29.2 Å². The fraction of sp³-hybridized carbons (Fsp3) is 0.286. The Bertz CT molecular complexity index is 960. The molecule has 1 unspecified atom stereocenters. The summed E-state index contributed by atoms with van der Waals surface area (Å²) in [6.07, 6.45) is 3.46. The van der Waals surface area contributed by atoms with E-state index >= 15 is 0 Å². The van der Waals surface area contributed by atoms with Crippen LogP contribution in [0.15, 0.2) is 53.2 Å². The van der Waals surface area contributed by atoms with E-state index in [0.29, 0.717) is 12.3 Å². The summed E-state index contributed by atoms with van der Waals surface area (Å²) in [5, 5.41) is 6.90. The number of amides is 1. The lowest BCUT2D eigenvalue weighted by molar-refractivity contribution is -0.124. The van der Waals surface area contributed by atoms with Crippen molar-refractivity contribution in [1.82, 2.24) is 15.1 Å². The lowest BCUT2D eigenvalue weighted by atomic mass is 10.0. The van der Waals surface area contributed by atoms with Crippen LogP contribution >= 0.6 is 0 Å². The summed E-state index contributed by atoms with van der Waals surface area (Å²) in [6, 6.07) is 10.9. The summed E-state index contributed by atoms with van der Waals surface area (Å²) >= 11 is 0. The SMILES string of the molecule is Cc1ccc(C(C)NC(=O)COC(=O)c2ccc(Cn3cccn3)o2)cc1C. The van der Waals surface area contributed by atoms with Gasteiger partial charge in [0.05, 0.1) is 12.6 Å². The van der Waals surface area contributed by atoms with Gasteiger partial charge in [0, 0.05) is 12.4 Å². The number of esters is 1. The van der Waals surface area contributed by atoms with Gasteiger partial charge >= 0.3 is 5.97 Å². The van der Waals surface area contributed by atoms with Crippen LogP contribution in [0.1, 0.15) is 46.0 Å². The van der Waals surface area contributed by atoms with Crippen molar-refractivity contribution in [3.8, 4) is 0 Å². The maximum absolute atomic E-state index is 12.1. The lowest BCUT2D eigenvalue weighted by Gasteiger charge is -2.15. The summed E-state index contributed by atoms with van der Waals surface area (Å²) in [5.41, 5.74) is 3.35. The average Bonchev–Trinajstić information content (AvgIpc) is 3.34. The van der Waals surface area contributed by atoms with E-state index in [2.05, 4.69) is 10.4 Å². The minimum atomic E-state index is -0.680. The normalized spacial score (nSPS) is 11.8. The molecule has 3 rings (SSSR count). The molecule has 1 N–H and O–H groups in total. The molecule has 0 saturated heterocycles. The summed E-state index contributed by atoms with van der Waals surface area (Å²) in [5.74, 6) is -0.427. The highest BCUT2D eigenvalue weighted by Gasteiger charge is 2.16. The molecule has 0 bridgehead atoms. The molecule has 0 saturated carbocycles. The van der Waals surface area contributed by atoms with Gasteiger partial charge in [0.15, 0.2) is 6.61 Å². The van der Waals surface area contributed by atoms with Crippen LogP contribution in [-0.4, -0.2) is 28.3 Å². The fourth-order valence-corrected chi connectivity index (χ4v) is 2.73. The van der Waals surface area contributed by atoms with Crippen molar-refractivity contribution in [2.24, 2.45) is 0 Å². The van der Waals surface area contributed by atoms with Gasteiger partial charge in [-0.3, -0.25) is 9.48 Å². The Balaban J connectivity index is 1.49. The molecule has 2 heterocycles. The van der Waals surface area contributed by atoms with Gasteiger partial charge in [0.1, 0.15) is 5.76 Å². The fourth-order valence-electron chi connectivity index (χ4n) is 2.73. The van der Waals surface area contributed by atoms with E-state index in [9.17, 15) is 9.59 Å². The quantitative estimate of drug-likeness (QED) is 0.635. The zero-order chi connectivity index (χ0) is 20.1. The van der Waals surface area contributed by atoms with Gasteiger partial charge in [-0.15, -0.1) is 0 Å². The van der Waals surface area contributed by atoms with Crippen molar-refractivity contribution in [3.63, 3.8) is 0 Å². The zero-order valence-corrected chi connectivity index (χ0v) is 16.1. The molecule has 0 spiro atoms. The molecule has 3 aromatic rings. The number of carbonyl (C=O) groups is 2. The first-order chi connectivity index (χ1) is 13.4. The van der Waals surface area contributed by atoms with E-state index in [0.717, 1.165) is 11.1 Å². The first kappa shape index (κ1) is 19.4. The molecule has 0 aliphatic heterocycles. The molecular formula is C21H23N3O4. The van der Waals surface area contributed by atoms with E-state index in [4.69, 9.17) is 9.15 Å². The number of aryl methyl sites for hydroxylation is 2. The number of nitrogens with one attached hydrogen (secondary N) is 1. The van der Waals surface area contributed by atoms with Gasteiger partial charge in [-0.05, 0) is 55.7 Å². The molecule has 7 nitrogen and oxygen atoms in total. The number of hydrogen-bond acceptors (Lipinski definition) is 5. The third-order valence-corrected chi connectivity index (χ3v) is 4.48. The topological polar surface area (TPSA) is 86.4 Å². The average molecular weight is 381 g/mol. The van der Waals surface area contributed by atoms with Crippen molar-refractivity contribution in [1.29, 1.82) is 0 Å². The van der Waals surface area contributed by atoms with Gasteiger partial charge < -0.3 is 14.5 Å². The number of rotatable bonds is 7. The van der Waals surface area contributed by atoms with Gasteiger partial charge in [0.25, 0.3) is 5.91 Å². The smallest absolute Gasteiger partial charge is 0.374 e. The van der Waals surface area contributed by atoms with Gasteiger partial charge in [-0.2, -0.15) is 5.10 Å². The van der Waals surface area contributed by atoms with Crippen LogP contribution < -0.4 is 5.32 Å². The first-order valence-electron chi connectivity index (χ1n) is 9.02. The second kappa shape index (κ2) is 8.56. The second-order valence-electron chi connectivity index (χ2n) is 6.68. The zero-order valence-electron chi connectivity index (χ0n) is 16.1. The molecule has 0 aliphatic carbocycles. The molecule has 1 aromatic carbocycles. The summed E-state index contributed by atoms with van der Waals surface area (Å²) in [6.45, 7) is 5.99. The Labute approximate surface area is 163 Å². The molecule has 146 valence electrons. The molecule has 0 aliphatic rings. The summed E-state index contributed by atoms with van der Waals surface area (Å²) < 4.78 is 12.2. The number of aromatic nitrogens is 2. The number of ether oxygens (including phenoxy) is 1. The minimum absolute atomic E-state index is 0.0529. The Kier molecular flexibility index (Phi) is 5.93. The predicted molar refractivity (Wildman–Crippen MR) is 103 cm³/mol. The second-order valence-corrected chi connectivity index (χ2v) is 6.68. The highest BCUT2D eigenvalue weighted by atomic mass is 16.5. The third-order valence-electron chi connectivity index (χ3n) is 4.48. The van der Waals surface area contributed by atoms with Crippen LogP contribution in [0.4, 0.5) is 0 Å². The summed E-state index contributed by atoms with van der Waals surface area (Å²) in [4.78, 5) is 24.2. The maximum atomic E-state index is 12.1. The predicted octanol–water partition coefficient (Wildman–Crippen LogP) is 3.18. The molecule has 1 amide bonds. The Morgan fingerprint density at radius 1 is 1.21 bits per heavy atom. The number of furan rings is 1. The highest BCUT2D eigenvalue weighted by molar-refractivity contribution is 5.88. The number of carbonyl (C=O) groups excluding carboxylic acids is 2. The molecular weight excluding hydrogens is 358 g/mol. The van der Waals surface area contributed by atoms with Crippen LogP contribution in [-0.2, 0) is 16.1 Å². The number of hydrogen-bond donors (Lipinski definition) is 1. The lowest BCUT2D eigenvalue weighted by Crippen LogP contribution is -2.31. The van der Waals surface area contributed by atoms with Crippen molar-refractivity contribution in [2.45, 2.75) is 33.4 Å². The molecule has 28 heavy (non-hydrogen) atoms. The Hall–Kier alpha value is -3.35. The van der Waals surface area contributed by atoms with Crippen molar-refractivity contribution >= 4 is 11.9 Å². The van der Waals surface area contributed by atoms with Crippen LogP contribution in [0, 0.1) is 13.8 Å². The van der Waals surface area contributed by atoms with Crippen molar-refractivity contribution < 1.29 is 18.7 Å². The monoisotopic (exact) mass is 381 g/mol. The standard InChI is InChI=1S/C21H23N3O4/c1-14-5-6-17(11-15(14)2)16(3)23-20(25)13-27-21(26)19-8-7-18(28-19)12-24-10-4-9-22-24/h4-11,16H,12-13H2,1-3H3,(H,23,25). The molecule has 0 radical (unpaired) electrons. The van der Waals surface area contributed by atoms with E-state index in [-0.39, 0.29) is 24.3 Å². The third kappa shape index (κ3) is 4.88. The van der Waals surface area contributed by atoms with Gasteiger partial charge in [0.2, 0.25) is 5.76 Å². The number of nitrogens with zero attached hydrogens (tertiary/aromatic N) is 2. The largest absolute Gasteiger partial charge is 0.452 e. The van der Waals surface area contributed by atoms with Crippen LogP contribution in [0.25, 0.3) is 0 Å². The van der Waals surface area contributed by atoms with Crippen molar-refractivity contribution in [3.05, 3.63) is 77.0 Å². The van der Waals surface area contributed by atoms with Crippen LogP contribution in [0.3, 0.4) is 0 Å². The van der Waals surface area contributed by atoms with Crippen LogP contribution in [0.5, 0.6) is 0 Å². The van der Waals surface area contributed by atoms with E-state index in [1.807, 2.05) is 39.0 Å². The maximum Gasteiger partial charge on any atom is 0.374 e. The number of benzene rings is 1. The van der Waals surface area contributed by atoms with Gasteiger partial charge in [-0.25, -0.2) is 4.79 Å². The molecule has 2 aromatic heterocycles. The highest BCUT2D eigenvalue weighted by Crippen LogP contribution is 2.16. The van der Waals surface area contributed by atoms with Crippen molar-refractivity contribution in [2.75, 3.05) is 6.61 Å². The van der Waals surface area contributed by atoms with Crippen LogP contribution in [0.2, 0.25) is 0 Å². The molecule has 1 atom stereocenters. The Morgan fingerprint density at radius 3 is 2.75 bits per heavy atom.